The van der Waals surface area contributed by atoms with Crippen molar-refractivity contribution in [3.63, 3.8) is 0 Å². The van der Waals surface area contributed by atoms with Crippen molar-refractivity contribution < 1.29 is 14.3 Å². The molecule has 0 aromatic carbocycles. The minimum Gasteiger partial charge on any atom is -0.474 e. The number of fused-ring (bicyclic) bond motifs is 1. The van der Waals surface area contributed by atoms with Gasteiger partial charge in [0.1, 0.15) is 11.7 Å². The number of amides is 1. The molecule has 1 amide bonds. The van der Waals surface area contributed by atoms with E-state index < -0.39 is 0 Å². The summed E-state index contributed by atoms with van der Waals surface area (Å²) in [6.45, 7) is 2.00. The first kappa shape index (κ1) is 16.3. The average molecular weight is 370 g/mol. The van der Waals surface area contributed by atoms with Crippen molar-refractivity contribution in [3.05, 3.63) is 45.8 Å². The summed E-state index contributed by atoms with van der Waals surface area (Å²) in [6, 6.07) is 7.80. The van der Waals surface area contributed by atoms with Crippen LogP contribution in [-0.4, -0.2) is 47.2 Å². The molecule has 1 aliphatic carbocycles. The van der Waals surface area contributed by atoms with Gasteiger partial charge in [0, 0.05) is 30.0 Å². The van der Waals surface area contributed by atoms with Crippen LogP contribution in [0.25, 0.3) is 0 Å². The van der Waals surface area contributed by atoms with Crippen LogP contribution in [0.2, 0.25) is 0 Å². The molecule has 26 heavy (non-hydrogen) atoms. The lowest BCUT2D eigenvalue weighted by molar-refractivity contribution is -0.174. The zero-order valence-corrected chi connectivity index (χ0v) is 15.5. The van der Waals surface area contributed by atoms with Gasteiger partial charge in [-0.15, -0.1) is 11.3 Å². The second-order valence-electron chi connectivity index (χ2n) is 7.51. The Balaban J connectivity index is 1.21. The van der Waals surface area contributed by atoms with Gasteiger partial charge in [-0.1, -0.05) is 6.07 Å². The second kappa shape index (κ2) is 6.35. The number of ether oxygens (including phenoxy) is 2. The molecule has 0 bridgehead atoms. The van der Waals surface area contributed by atoms with Crippen molar-refractivity contribution in [1.82, 2.24) is 9.88 Å². The molecule has 2 fully saturated rings. The molecule has 6 heteroatoms. The van der Waals surface area contributed by atoms with E-state index in [9.17, 15) is 4.79 Å². The highest BCUT2D eigenvalue weighted by Crippen LogP contribution is 2.38. The van der Waals surface area contributed by atoms with E-state index in [0.29, 0.717) is 25.6 Å². The van der Waals surface area contributed by atoms with Crippen LogP contribution in [0, 0.1) is 0 Å². The highest BCUT2D eigenvalue weighted by Gasteiger charge is 2.50. The van der Waals surface area contributed by atoms with Crippen LogP contribution >= 0.6 is 11.3 Å². The standard InChI is InChI=1S/C20H22N2O3S/c23-19(17-10-14-4-3-5-16(14)26-17)22-12-20(13-22)11-15(7-9-24-20)25-18-6-1-2-8-21-18/h1-2,6,8,10,15H,3-5,7,9,11-13H2/t15-/m0/s1. The Morgan fingerprint density at radius 2 is 2.27 bits per heavy atom. The minimum atomic E-state index is -0.243. The first-order valence-corrected chi connectivity index (χ1v) is 10.1. The van der Waals surface area contributed by atoms with E-state index in [1.54, 1.807) is 17.5 Å². The smallest absolute Gasteiger partial charge is 0.264 e. The number of thiophene rings is 1. The van der Waals surface area contributed by atoms with Gasteiger partial charge in [-0.25, -0.2) is 4.98 Å². The van der Waals surface area contributed by atoms with Gasteiger partial charge >= 0.3 is 0 Å². The molecule has 1 spiro atoms. The largest absolute Gasteiger partial charge is 0.474 e. The van der Waals surface area contributed by atoms with Gasteiger partial charge in [-0.2, -0.15) is 0 Å². The van der Waals surface area contributed by atoms with Crippen LogP contribution in [0.5, 0.6) is 5.88 Å². The third kappa shape index (κ3) is 2.91. The van der Waals surface area contributed by atoms with Gasteiger partial charge in [-0.05, 0) is 37.0 Å². The van der Waals surface area contributed by atoms with Crippen LogP contribution in [0.15, 0.2) is 30.5 Å². The molecule has 0 unspecified atom stereocenters. The highest BCUT2D eigenvalue weighted by molar-refractivity contribution is 7.14. The third-order valence-electron chi connectivity index (χ3n) is 5.58. The summed E-state index contributed by atoms with van der Waals surface area (Å²) in [5.41, 5.74) is 1.14. The maximum atomic E-state index is 12.8. The van der Waals surface area contributed by atoms with Crippen molar-refractivity contribution in [1.29, 1.82) is 0 Å². The Kier molecular flexibility index (Phi) is 3.98. The summed E-state index contributed by atoms with van der Waals surface area (Å²) >= 11 is 1.68. The first-order valence-electron chi connectivity index (χ1n) is 9.33. The third-order valence-corrected chi connectivity index (χ3v) is 6.80. The SMILES string of the molecule is O=C(c1cc2c(s1)CCC2)N1CC2(C[C@@H](Oc3ccccn3)CCO2)C1. The van der Waals surface area contributed by atoms with Gasteiger partial charge in [0.05, 0.1) is 24.6 Å². The lowest BCUT2D eigenvalue weighted by atomic mass is 9.84. The Bertz CT molecular complexity index is 792. The van der Waals surface area contributed by atoms with Crippen molar-refractivity contribution in [2.24, 2.45) is 0 Å². The van der Waals surface area contributed by atoms with E-state index in [2.05, 4.69) is 11.1 Å². The fourth-order valence-corrected chi connectivity index (χ4v) is 5.50. The van der Waals surface area contributed by atoms with E-state index in [1.807, 2.05) is 23.1 Å². The fourth-order valence-electron chi connectivity index (χ4n) is 4.27. The molecule has 4 heterocycles. The first-order chi connectivity index (χ1) is 12.7. The predicted molar refractivity (Wildman–Crippen MR) is 98.8 cm³/mol. The maximum absolute atomic E-state index is 12.8. The van der Waals surface area contributed by atoms with Crippen molar-refractivity contribution in [2.75, 3.05) is 19.7 Å². The quantitative estimate of drug-likeness (QED) is 0.833. The Hall–Kier alpha value is -1.92. The van der Waals surface area contributed by atoms with Crippen LogP contribution in [-0.2, 0) is 17.6 Å². The molecule has 0 N–H and O–H groups in total. The highest BCUT2D eigenvalue weighted by atomic mass is 32.1. The Morgan fingerprint density at radius 1 is 1.35 bits per heavy atom. The van der Waals surface area contributed by atoms with Gasteiger partial charge in [-0.3, -0.25) is 4.79 Å². The molecule has 1 atom stereocenters. The normalized spacial score (nSPS) is 23.5. The van der Waals surface area contributed by atoms with Crippen molar-refractivity contribution in [3.8, 4) is 5.88 Å². The molecule has 5 nitrogen and oxygen atoms in total. The molecule has 2 aromatic heterocycles. The molecule has 2 saturated heterocycles. The molecular weight excluding hydrogens is 348 g/mol. The lowest BCUT2D eigenvalue weighted by Gasteiger charge is -2.52. The fraction of sp³-hybridized carbons (Fsp3) is 0.500. The summed E-state index contributed by atoms with van der Waals surface area (Å²) in [5.74, 6) is 0.821. The molecule has 0 saturated carbocycles. The predicted octanol–water partition coefficient (Wildman–Crippen LogP) is 3.08. The van der Waals surface area contributed by atoms with Crippen LogP contribution in [0.3, 0.4) is 0 Å². The number of nitrogens with zero attached hydrogens (tertiary/aromatic N) is 2. The number of carbonyl (C=O) groups excluding carboxylic acids is 1. The molecule has 2 aliphatic heterocycles. The van der Waals surface area contributed by atoms with E-state index >= 15 is 0 Å². The number of rotatable bonds is 3. The number of aromatic nitrogens is 1. The Morgan fingerprint density at radius 3 is 3.08 bits per heavy atom. The zero-order chi connectivity index (χ0) is 17.6. The maximum Gasteiger partial charge on any atom is 0.264 e. The van der Waals surface area contributed by atoms with Gasteiger partial charge in [0.2, 0.25) is 5.88 Å². The topological polar surface area (TPSA) is 51.7 Å². The van der Waals surface area contributed by atoms with E-state index in [4.69, 9.17) is 9.47 Å². The molecule has 2 aromatic rings. The number of aryl methyl sites for hydroxylation is 2. The van der Waals surface area contributed by atoms with Gasteiger partial charge < -0.3 is 14.4 Å². The number of hydrogen-bond donors (Lipinski definition) is 0. The number of carbonyl (C=O) groups is 1. The van der Waals surface area contributed by atoms with E-state index in [1.165, 1.54) is 16.9 Å². The minimum absolute atomic E-state index is 0.0986. The van der Waals surface area contributed by atoms with Gasteiger partial charge in [0.15, 0.2) is 0 Å². The summed E-state index contributed by atoms with van der Waals surface area (Å²) in [4.78, 5) is 21.2. The molecule has 3 aliphatic rings. The second-order valence-corrected chi connectivity index (χ2v) is 8.64. The van der Waals surface area contributed by atoms with E-state index in [-0.39, 0.29) is 17.6 Å². The molecule has 136 valence electrons. The number of pyridine rings is 1. The van der Waals surface area contributed by atoms with Crippen LogP contribution in [0.4, 0.5) is 0 Å². The number of hydrogen-bond acceptors (Lipinski definition) is 5. The monoisotopic (exact) mass is 370 g/mol. The van der Waals surface area contributed by atoms with E-state index in [0.717, 1.165) is 30.6 Å². The average Bonchev–Trinajstić information content (AvgIpc) is 3.22. The summed E-state index contributed by atoms with van der Waals surface area (Å²) in [5, 5.41) is 0. The van der Waals surface area contributed by atoms with Crippen molar-refractivity contribution >= 4 is 17.2 Å². The summed E-state index contributed by atoms with van der Waals surface area (Å²) in [7, 11) is 0. The zero-order valence-electron chi connectivity index (χ0n) is 14.6. The van der Waals surface area contributed by atoms with Crippen LogP contribution < -0.4 is 4.74 Å². The summed E-state index contributed by atoms with van der Waals surface area (Å²) in [6.07, 6.45) is 7.01. The molecular formula is C20H22N2O3S. The van der Waals surface area contributed by atoms with Gasteiger partial charge in [0.25, 0.3) is 5.91 Å². The molecule has 0 radical (unpaired) electrons. The van der Waals surface area contributed by atoms with Crippen molar-refractivity contribution in [2.45, 2.75) is 43.8 Å². The molecule has 5 rings (SSSR count). The lowest BCUT2D eigenvalue weighted by Crippen LogP contribution is -2.67. The van der Waals surface area contributed by atoms with Crippen LogP contribution in [0.1, 0.15) is 39.4 Å². The summed E-state index contributed by atoms with van der Waals surface area (Å²) < 4.78 is 12.1. The Labute approximate surface area is 156 Å². The number of likely N-dealkylation sites (tertiary alicyclic amines) is 1.